The lowest BCUT2D eigenvalue weighted by molar-refractivity contribution is -0.139. The average molecular weight is 261 g/mol. The molecule has 1 unspecified atom stereocenters. The van der Waals surface area contributed by atoms with Crippen molar-refractivity contribution in [2.75, 3.05) is 46.6 Å². The Bertz CT molecular complexity index is 201. The topological polar surface area (TPSA) is 49.0 Å². The normalized spacial score (nSPS) is 24.0. The predicted octanol–water partition coefficient (Wildman–Crippen LogP) is 1.17. The van der Waals surface area contributed by atoms with Gasteiger partial charge in [0.25, 0.3) is 0 Å². The summed E-state index contributed by atoms with van der Waals surface area (Å²) in [6.45, 7) is 8.46. The minimum atomic E-state index is -0.146. The van der Waals surface area contributed by atoms with Gasteiger partial charge in [0.2, 0.25) is 0 Å². The molecule has 0 spiro atoms. The predicted molar refractivity (Wildman–Crippen MR) is 69.7 cm³/mol. The van der Waals surface area contributed by atoms with Crippen LogP contribution in [0.2, 0.25) is 0 Å². The van der Waals surface area contributed by atoms with Crippen LogP contribution in [0.5, 0.6) is 0 Å². The summed E-state index contributed by atoms with van der Waals surface area (Å²) < 4.78 is 21.9. The average Bonchev–Trinajstić information content (AvgIpc) is 2.84. The van der Waals surface area contributed by atoms with Crippen molar-refractivity contribution in [3.05, 3.63) is 0 Å². The van der Waals surface area contributed by atoms with Crippen LogP contribution in [0, 0.1) is 0 Å². The van der Waals surface area contributed by atoms with E-state index in [9.17, 15) is 0 Å². The molecule has 1 N–H and O–H groups in total. The molecule has 0 aromatic heterocycles. The molecule has 1 aliphatic rings. The molecule has 0 amide bonds. The molecule has 18 heavy (non-hydrogen) atoms. The van der Waals surface area contributed by atoms with E-state index in [4.69, 9.17) is 18.9 Å². The highest BCUT2D eigenvalue weighted by Gasteiger charge is 2.34. The molecule has 0 aromatic carbocycles. The van der Waals surface area contributed by atoms with E-state index < -0.39 is 0 Å². The van der Waals surface area contributed by atoms with E-state index >= 15 is 0 Å². The van der Waals surface area contributed by atoms with Gasteiger partial charge in [0.1, 0.15) is 5.60 Å². The van der Waals surface area contributed by atoms with E-state index in [1.807, 2.05) is 13.8 Å². The Morgan fingerprint density at radius 3 is 2.50 bits per heavy atom. The number of ether oxygens (including phenoxy) is 4. The molecule has 5 nitrogen and oxygen atoms in total. The second-order valence-electron chi connectivity index (χ2n) is 4.50. The summed E-state index contributed by atoms with van der Waals surface area (Å²) >= 11 is 0. The van der Waals surface area contributed by atoms with Crippen molar-refractivity contribution in [3.63, 3.8) is 0 Å². The lowest BCUT2D eigenvalue weighted by Gasteiger charge is -2.26. The van der Waals surface area contributed by atoms with Crippen molar-refractivity contribution in [1.82, 2.24) is 5.32 Å². The Balaban J connectivity index is 2.16. The van der Waals surface area contributed by atoms with Crippen LogP contribution in [0.4, 0.5) is 0 Å². The van der Waals surface area contributed by atoms with Gasteiger partial charge in [-0.2, -0.15) is 0 Å². The zero-order valence-electron chi connectivity index (χ0n) is 11.9. The summed E-state index contributed by atoms with van der Waals surface area (Å²) in [4.78, 5) is 0. The Labute approximate surface area is 110 Å². The first-order valence-electron chi connectivity index (χ1n) is 6.83. The van der Waals surface area contributed by atoms with Crippen molar-refractivity contribution in [2.24, 2.45) is 0 Å². The largest absolute Gasteiger partial charge is 0.378 e. The highest BCUT2D eigenvalue weighted by atomic mass is 16.7. The van der Waals surface area contributed by atoms with Crippen LogP contribution >= 0.6 is 0 Å². The number of methoxy groups -OCH3 is 1. The van der Waals surface area contributed by atoms with E-state index in [-0.39, 0.29) is 11.9 Å². The van der Waals surface area contributed by atoms with Crippen LogP contribution in [-0.4, -0.2) is 58.5 Å². The van der Waals surface area contributed by atoms with Gasteiger partial charge in [-0.1, -0.05) is 0 Å². The molecule has 108 valence electrons. The third-order valence-corrected chi connectivity index (χ3v) is 3.21. The monoisotopic (exact) mass is 261 g/mol. The number of rotatable bonds is 10. The zero-order valence-corrected chi connectivity index (χ0v) is 11.9. The van der Waals surface area contributed by atoms with Crippen molar-refractivity contribution >= 4 is 0 Å². The molecule has 0 saturated carbocycles. The van der Waals surface area contributed by atoms with E-state index in [0.29, 0.717) is 19.8 Å². The van der Waals surface area contributed by atoms with Crippen molar-refractivity contribution in [3.8, 4) is 0 Å². The Morgan fingerprint density at radius 1 is 1.28 bits per heavy atom. The molecule has 0 aliphatic carbocycles. The molecule has 0 radical (unpaired) electrons. The van der Waals surface area contributed by atoms with Crippen LogP contribution < -0.4 is 5.32 Å². The summed E-state index contributed by atoms with van der Waals surface area (Å²) in [7, 11) is 1.75. The lowest BCUT2D eigenvalue weighted by Crippen LogP contribution is -2.43. The summed E-state index contributed by atoms with van der Waals surface area (Å²) in [5, 5.41) is 3.40. The summed E-state index contributed by atoms with van der Waals surface area (Å²) in [5.74, 6) is 0. The first-order chi connectivity index (χ1) is 8.76. The summed E-state index contributed by atoms with van der Waals surface area (Å²) in [6, 6.07) is 0. The molecule has 1 fully saturated rings. The first kappa shape index (κ1) is 15.9. The summed E-state index contributed by atoms with van der Waals surface area (Å²) in [6.07, 6.45) is 1.70. The fourth-order valence-electron chi connectivity index (χ4n) is 2.08. The molecule has 1 rings (SSSR count). The number of hydrogen-bond acceptors (Lipinski definition) is 5. The second kappa shape index (κ2) is 8.82. The van der Waals surface area contributed by atoms with Gasteiger partial charge in [-0.3, -0.25) is 0 Å². The molecule has 5 heteroatoms. The Kier molecular flexibility index (Phi) is 7.77. The van der Waals surface area contributed by atoms with E-state index in [2.05, 4.69) is 5.32 Å². The minimum Gasteiger partial charge on any atom is -0.378 e. The van der Waals surface area contributed by atoms with Crippen LogP contribution in [-0.2, 0) is 18.9 Å². The van der Waals surface area contributed by atoms with Crippen molar-refractivity contribution < 1.29 is 18.9 Å². The Hall–Kier alpha value is -0.200. The van der Waals surface area contributed by atoms with Crippen molar-refractivity contribution in [1.29, 1.82) is 0 Å². The van der Waals surface area contributed by atoms with Crippen LogP contribution in [0.3, 0.4) is 0 Å². The third kappa shape index (κ3) is 5.20. The lowest BCUT2D eigenvalue weighted by atomic mass is 10.0. The van der Waals surface area contributed by atoms with Crippen LogP contribution in [0.15, 0.2) is 0 Å². The standard InChI is InChI=1S/C13H27NO4/c1-4-17-12(18-5-2)6-8-14-10-13(15-3)7-9-16-11-13/h12,14H,4-11H2,1-3H3. The number of nitrogens with one attached hydrogen (secondary N) is 1. The Morgan fingerprint density at radius 2 is 2.00 bits per heavy atom. The van der Waals surface area contributed by atoms with Gasteiger partial charge < -0.3 is 24.3 Å². The maximum atomic E-state index is 5.55. The first-order valence-corrected chi connectivity index (χ1v) is 6.83. The van der Waals surface area contributed by atoms with Gasteiger partial charge in [-0.25, -0.2) is 0 Å². The molecule has 0 bridgehead atoms. The molecule has 1 atom stereocenters. The number of hydrogen-bond donors (Lipinski definition) is 1. The van der Waals surface area contributed by atoms with Gasteiger partial charge in [0, 0.05) is 52.9 Å². The quantitative estimate of drug-likeness (QED) is 0.472. The highest BCUT2D eigenvalue weighted by molar-refractivity contribution is 4.86. The molecule has 1 saturated heterocycles. The van der Waals surface area contributed by atoms with Crippen LogP contribution in [0.25, 0.3) is 0 Å². The molecular weight excluding hydrogens is 234 g/mol. The van der Waals surface area contributed by atoms with Gasteiger partial charge in [-0.15, -0.1) is 0 Å². The molecular formula is C13H27NO4. The third-order valence-electron chi connectivity index (χ3n) is 3.21. The van der Waals surface area contributed by atoms with E-state index in [1.165, 1.54) is 0 Å². The highest BCUT2D eigenvalue weighted by Crippen LogP contribution is 2.21. The van der Waals surface area contributed by atoms with Gasteiger partial charge >= 0.3 is 0 Å². The van der Waals surface area contributed by atoms with E-state index in [1.54, 1.807) is 7.11 Å². The van der Waals surface area contributed by atoms with Crippen molar-refractivity contribution in [2.45, 2.75) is 38.6 Å². The smallest absolute Gasteiger partial charge is 0.158 e. The zero-order chi connectivity index (χ0) is 13.3. The minimum absolute atomic E-state index is 0.106. The maximum absolute atomic E-state index is 5.55. The molecule has 1 aliphatic heterocycles. The van der Waals surface area contributed by atoms with Gasteiger partial charge in [0.15, 0.2) is 6.29 Å². The van der Waals surface area contributed by atoms with Crippen LogP contribution in [0.1, 0.15) is 26.7 Å². The second-order valence-corrected chi connectivity index (χ2v) is 4.50. The molecule has 1 heterocycles. The maximum Gasteiger partial charge on any atom is 0.158 e. The summed E-state index contributed by atoms with van der Waals surface area (Å²) in [5.41, 5.74) is -0.146. The van der Waals surface area contributed by atoms with Gasteiger partial charge in [0.05, 0.1) is 6.61 Å². The SMILES string of the molecule is CCOC(CCNCC1(OC)CCOC1)OCC. The molecule has 0 aromatic rings. The van der Waals surface area contributed by atoms with E-state index in [0.717, 1.165) is 32.5 Å². The van der Waals surface area contributed by atoms with Gasteiger partial charge in [-0.05, 0) is 13.8 Å². The fraction of sp³-hybridized carbons (Fsp3) is 1.00. The fourth-order valence-corrected chi connectivity index (χ4v) is 2.08.